The van der Waals surface area contributed by atoms with Gasteiger partial charge in [0.1, 0.15) is 0 Å². The first kappa shape index (κ1) is 13.5. The van der Waals surface area contributed by atoms with Crippen molar-refractivity contribution in [3.63, 3.8) is 0 Å². The molecule has 2 aromatic heterocycles. The number of hydrogen-bond acceptors (Lipinski definition) is 4. The maximum atomic E-state index is 12.5. The molecule has 0 saturated heterocycles. The third-order valence-corrected chi connectivity index (χ3v) is 6.90. The molecule has 0 amide bonds. The Hall–Kier alpha value is -0.920. The van der Waals surface area contributed by atoms with Gasteiger partial charge in [0.05, 0.1) is 5.69 Å². The fourth-order valence-corrected chi connectivity index (χ4v) is 5.45. The van der Waals surface area contributed by atoms with Crippen molar-refractivity contribution in [1.82, 2.24) is 4.98 Å². The van der Waals surface area contributed by atoms with E-state index in [0.29, 0.717) is 20.9 Å². The summed E-state index contributed by atoms with van der Waals surface area (Å²) in [6.07, 6.45) is 3.16. The lowest BCUT2D eigenvalue weighted by Crippen LogP contribution is -2.30. The van der Waals surface area contributed by atoms with Gasteiger partial charge in [-0.05, 0) is 46.4 Å². The summed E-state index contributed by atoms with van der Waals surface area (Å²) < 4.78 is 27.3. The molecular weight excluding hydrogens is 336 g/mol. The molecule has 0 atom stereocenters. The summed E-state index contributed by atoms with van der Waals surface area (Å²) >= 11 is 4.47. The second kappa shape index (κ2) is 5.38. The number of anilines is 1. The van der Waals surface area contributed by atoms with Crippen molar-refractivity contribution in [2.45, 2.75) is 11.1 Å². The Balaban J connectivity index is 2.49. The van der Waals surface area contributed by atoms with Crippen LogP contribution in [-0.2, 0) is 10.0 Å². The molecular formula is C11H11BrN2O2S2. The minimum absolute atomic E-state index is 0.321. The number of sulfonamides is 1. The number of nitrogens with zero attached hydrogens (tertiary/aromatic N) is 2. The molecule has 2 heterocycles. The fourth-order valence-electron chi connectivity index (χ4n) is 1.57. The van der Waals surface area contributed by atoms with Gasteiger partial charge in [-0.25, -0.2) is 8.42 Å². The normalized spacial score (nSPS) is 11.4. The molecule has 0 saturated carbocycles. The molecule has 96 valence electrons. The van der Waals surface area contributed by atoms with Gasteiger partial charge in [-0.15, -0.1) is 11.3 Å². The fraction of sp³-hybridized carbons (Fsp3) is 0.182. The van der Waals surface area contributed by atoms with Crippen molar-refractivity contribution in [1.29, 1.82) is 0 Å². The highest BCUT2D eigenvalue weighted by molar-refractivity contribution is 9.10. The lowest BCUT2D eigenvalue weighted by atomic mass is 10.4. The van der Waals surface area contributed by atoms with E-state index in [9.17, 15) is 8.42 Å². The van der Waals surface area contributed by atoms with E-state index < -0.39 is 10.0 Å². The summed E-state index contributed by atoms with van der Waals surface area (Å²) in [5.74, 6) is 0. The predicted molar refractivity (Wildman–Crippen MR) is 76.5 cm³/mol. The van der Waals surface area contributed by atoms with Crippen molar-refractivity contribution in [3.8, 4) is 0 Å². The summed E-state index contributed by atoms with van der Waals surface area (Å²) in [7, 11) is -3.51. The van der Waals surface area contributed by atoms with E-state index in [1.807, 2.05) is 0 Å². The van der Waals surface area contributed by atoms with Crippen LogP contribution in [0.25, 0.3) is 0 Å². The van der Waals surface area contributed by atoms with Gasteiger partial charge in [0.15, 0.2) is 4.21 Å². The monoisotopic (exact) mass is 346 g/mol. The molecule has 0 N–H and O–H groups in total. The SMILES string of the molecule is CCN(c1ccncc1)S(=O)(=O)c1sccc1Br. The quantitative estimate of drug-likeness (QED) is 0.854. The van der Waals surface area contributed by atoms with Gasteiger partial charge < -0.3 is 0 Å². The molecule has 0 aliphatic heterocycles. The van der Waals surface area contributed by atoms with Crippen LogP contribution in [0.15, 0.2) is 44.7 Å². The highest BCUT2D eigenvalue weighted by atomic mass is 79.9. The number of hydrogen-bond donors (Lipinski definition) is 0. The van der Waals surface area contributed by atoms with E-state index in [4.69, 9.17) is 0 Å². The topological polar surface area (TPSA) is 50.3 Å². The van der Waals surface area contributed by atoms with E-state index in [0.717, 1.165) is 0 Å². The molecule has 18 heavy (non-hydrogen) atoms. The molecule has 4 nitrogen and oxygen atoms in total. The molecule has 7 heteroatoms. The summed E-state index contributed by atoms with van der Waals surface area (Å²) in [6.45, 7) is 2.18. The van der Waals surface area contributed by atoms with E-state index in [1.165, 1.54) is 15.6 Å². The van der Waals surface area contributed by atoms with Crippen molar-refractivity contribution in [2.75, 3.05) is 10.8 Å². The smallest absolute Gasteiger partial charge is 0.266 e. The third kappa shape index (κ3) is 2.43. The van der Waals surface area contributed by atoms with E-state index in [-0.39, 0.29) is 0 Å². The Morgan fingerprint density at radius 3 is 2.50 bits per heavy atom. The highest BCUT2D eigenvalue weighted by Gasteiger charge is 2.26. The van der Waals surface area contributed by atoms with Crippen LogP contribution in [0.1, 0.15) is 6.92 Å². The number of halogens is 1. The Labute approximate surface area is 118 Å². The van der Waals surface area contributed by atoms with Gasteiger partial charge in [0.25, 0.3) is 10.0 Å². The Morgan fingerprint density at radius 2 is 2.00 bits per heavy atom. The van der Waals surface area contributed by atoms with Crippen LogP contribution in [0.3, 0.4) is 0 Å². The molecule has 0 bridgehead atoms. The zero-order chi connectivity index (χ0) is 13.2. The molecule has 0 unspecified atom stereocenters. The Bertz CT molecular complexity index is 626. The molecule has 0 fully saturated rings. The molecule has 0 aliphatic carbocycles. The van der Waals surface area contributed by atoms with Crippen LogP contribution in [0.2, 0.25) is 0 Å². The minimum Gasteiger partial charge on any atom is -0.266 e. The zero-order valence-corrected chi connectivity index (χ0v) is 12.8. The summed E-state index contributed by atoms with van der Waals surface area (Å²) in [5, 5.41) is 1.75. The predicted octanol–water partition coefficient (Wildman–Crippen LogP) is 3.12. The van der Waals surface area contributed by atoms with Crippen molar-refractivity contribution in [2.24, 2.45) is 0 Å². The maximum absolute atomic E-state index is 12.5. The van der Waals surface area contributed by atoms with Crippen LogP contribution >= 0.6 is 27.3 Å². The zero-order valence-electron chi connectivity index (χ0n) is 9.58. The van der Waals surface area contributed by atoms with Crippen LogP contribution in [0.4, 0.5) is 5.69 Å². The second-order valence-electron chi connectivity index (χ2n) is 3.43. The first-order valence-electron chi connectivity index (χ1n) is 5.23. The van der Waals surface area contributed by atoms with Crippen LogP contribution in [0, 0.1) is 0 Å². The number of pyridine rings is 1. The molecule has 0 radical (unpaired) electrons. The van der Waals surface area contributed by atoms with Crippen molar-refractivity contribution < 1.29 is 8.42 Å². The average Bonchev–Trinajstić information content (AvgIpc) is 2.78. The van der Waals surface area contributed by atoms with Gasteiger partial charge in [0.2, 0.25) is 0 Å². The molecule has 2 aromatic rings. The molecule has 0 aromatic carbocycles. The van der Waals surface area contributed by atoms with Crippen LogP contribution < -0.4 is 4.31 Å². The van der Waals surface area contributed by atoms with Crippen molar-refractivity contribution >= 4 is 43.0 Å². The van der Waals surface area contributed by atoms with Gasteiger partial charge in [-0.3, -0.25) is 9.29 Å². The number of thiophene rings is 1. The second-order valence-corrected chi connectivity index (χ2v) is 7.26. The number of aromatic nitrogens is 1. The van der Waals surface area contributed by atoms with Gasteiger partial charge in [0, 0.05) is 23.4 Å². The summed E-state index contributed by atoms with van der Waals surface area (Å²) in [5.41, 5.74) is 0.618. The van der Waals surface area contributed by atoms with Gasteiger partial charge >= 0.3 is 0 Å². The van der Waals surface area contributed by atoms with Gasteiger partial charge in [-0.2, -0.15) is 0 Å². The van der Waals surface area contributed by atoms with E-state index >= 15 is 0 Å². The van der Waals surface area contributed by atoms with Gasteiger partial charge in [-0.1, -0.05) is 0 Å². The maximum Gasteiger partial charge on any atom is 0.274 e. The molecule has 2 rings (SSSR count). The molecule has 0 aliphatic rings. The Morgan fingerprint density at radius 1 is 1.33 bits per heavy atom. The summed E-state index contributed by atoms with van der Waals surface area (Å²) in [4.78, 5) is 3.90. The highest BCUT2D eigenvalue weighted by Crippen LogP contribution is 2.32. The van der Waals surface area contributed by atoms with Crippen LogP contribution in [0.5, 0.6) is 0 Å². The van der Waals surface area contributed by atoms with E-state index in [1.54, 1.807) is 42.9 Å². The third-order valence-electron chi connectivity index (χ3n) is 2.35. The lowest BCUT2D eigenvalue weighted by Gasteiger charge is -2.21. The minimum atomic E-state index is -3.51. The standard InChI is InChI=1S/C11H11BrN2O2S2/c1-2-14(9-3-6-13-7-4-9)18(15,16)11-10(12)5-8-17-11/h3-8H,2H2,1H3. The lowest BCUT2D eigenvalue weighted by molar-refractivity contribution is 0.593. The largest absolute Gasteiger partial charge is 0.274 e. The summed E-state index contributed by atoms with van der Waals surface area (Å²) in [6, 6.07) is 5.10. The van der Waals surface area contributed by atoms with Crippen LogP contribution in [-0.4, -0.2) is 19.9 Å². The van der Waals surface area contributed by atoms with Crippen molar-refractivity contribution in [3.05, 3.63) is 40.4 Å². The molecule has 0 spiro atoms. The first-order chi connectivity index (χ1) is 8.57. The first-order valence-corrected chi connectivity index (χ1v) is 8.34. The number of rotatable bonds is 4. The Kier molecular flexibility index (Phi) is 4.04. The average molecular weight is 347 g/mol. The van der Waals surface area contributed by atoms with E-state index in [2.05, 4.69) is 20.9 Å².